The number of rotatable bonds is 5. The van der Waals surface area contributed by atoms with Gasteiger partial charge in [-0.05, 0) is 42.0 Å². The zero-order valence-electron chi connectivity index (χ0n) is 13.9. The maximum absolute atomic E-state index is 13.0. The second kappa shape index (κ2) is 8.32. The monoisotopic (exact) mass is 361 g/mol. The minimum Gasteiger partial charge on any atom is -0.368 e. The number of carbonyl (C=O) groups is 1. The first-order chi connectivity index (χ1) is 12.1. The second-order valence-electron chi connectivity index (χ2n) is 6.07. The van der Waals surface area contributed by atoms with Crippen LogP contribution in [0.4, 0.5) is 10.1 Å². The van der Waals surface area contributed by atoms with Crippen LogP contribution in [0.15, 0.2) is 48.5 Å². The molecule has 0 unspecified atom stereocenters. The number of nitrogens with zero attached hydrogens (tertiary/aromatic N) is 2. The van der Waals surface area contributed by atoms with Crippen LogP contribution in [0.5, 0.6) is 0 Å². The van der Waals surface area contributed by atoms with Gasteiger partial charge in [0.05, 0.1) is 6.54 Å². The van der Waals surface area contributed by atoms with Crippen molar-refractivity contribution in [3.63, 3.8) is 0 Å². The molecule has 0 spiro atoms. The molecule has 1 aliphatic heterocycles. The maximum Gasteiger partial charge on any atom is 0.236 e. The van der Waals surface area contributed by atoms with E-state index in [9.17, 15) is 9.18 Å². The lowest BCUT2D eigenvalue weighted by molar-refractivity contribution is -0.130. The molecule has 0 atom stereocenters. The Labute approximate surface area is 152 Å². The van der Waals surface area contributed by atoms with E-state index < -0.39 is 0 Å². The second-order valence-corrected chi connectivity index (χ2v) is 6.51. The van der Waals surface area contributed by atoms with Crippen molar-refractivity contribution in [1.29, 1.82) is 0 Å². The molecule has 1 saturated heterocycles. The van der Waals surface area contributed by atoms with Crippen molar-refractivity contribution < 1.29 is 9.18 Å². The Morgan fingerprint density at radius 1 is 1.00 bits per heavy atom. The average Bonchev–Trinajstić information content (AvgIpc) is 2.64. The number of benzene rings is 2. The van der Waals surface area contributed by atoms with E-state index in [0.717, 1.165) is 24.3 Å². The van der Waals surface area contributed by atoms with E-state index in [0.29, 0.717) is 31.2 Å². The molecular formula is C19H21ClFN3O. The van der Waals surface area contributed by atoms with Gasteiger partial charge in [-0.1, -0.05) is 23.7 Å². The molecule has 3 rings (SSSR count). The number of hydrogen-bond donors (Lipinski definition) is 1. The minimum atomic E-state index is -0.232. The number of anilines is 1. The summed E-state index contributed by atoms with van der Waals surface area (Å²) in [6.07, 6.45) is 0. The highest BCUT2D eigenvalue weighted by molar-refractivity contribution is 6.30. The van der Waals surface area contributed by atoms with Crippen LogP contribution >= 0.6 is 11.6 Å². The largest absolute Gasteiger partial charge is 0.368 e. The van der Waals surface area contributed by atoms with Gasteiger partial charge in [0.2, 0.25) is 5.91 Å². The number of halogens is 2. The normalized spacial score (nSPS) is 14.6. The fourth-order valence-corrected chi connectivity index (χ4v) is 3.02. The van der Waals surface area contributed by atoms with Gasteiger partial charge in [0, 0.05) is 43.4 Å². The van der Waals surface area contributed by atoms with Crippen molar-refractivity contribution in [2.75, 3.05) is 37.6 Å². The summed E-state index contributed by atoms with van der Waals surface area (Å²) in [5, 5.41) is 3.89. The molecule has 0 bridgehead atoms. The van der Waals surface area contributed by atoms with E-state index in [1.54, 1.807) is 12.1 Å². The molecule has 4 nitrogen and oxygen atoms in total. The summed E-state index contributed by atoms with van der Waals surface area (Å²) in [7, 11) is 0. The Kier molecular flexibility index (Phi) is 5.89. The third-order valence-corrected chi connectivity index (χ3v) is 4.59. The summed E-state index contributed by atoms with van der Waals surface area (Å²) in [5.74, 6) is -0.128. The van der Waals surface area contributed by atoms with Crippen LogP contribution in [0.2, 0.25) is 5.02 Å². The van der Waals surface area contributed by atoms with Gasteiger partial charge in [-0.25, -0.2) is 4.39 Å². The van der Waals surface area contributed by atoms with Gasteiger partial charge in [0.1, 0.15) is 5.82 Å². The molecule has 1 heterocycles. The molecule has 6 heteroatoms. The SMILES string of the molecule is O=C(CNCc1ccc(Cl)cc1)N1CCN(c2ccc(F)cc2)CC1. The lowest BCUT2D eigenvalue weighted by atomic mass is 10.2. The lowest BCUT2D eigenvalue weighted by Gasteiger charge is -2.36. The number of amides is 1. The Hall–Kier alpha value is -2.11. The first-order valence-corrected chi connectivity index (χ1v) is 8.73. The topological polar surface area (TPSA) is 35.6 Å². The Balaban J connectivity index is 1.42. The predicted octanol–water partition coefficient (Wildman–Crippen LogP) is 2.92. The first-order valence-electron chi connectivity index (χ1n) is 8.35. The summed E-state index contributed by atoms with van der Waals surface area (Å²) in [4.78, 5) is 16.3. The summed E-state index contributed by atoms with van der Waals surface area (Å²) >= 11 is 5.86. The Bertz CT molecular complexity index is 698. The summed E-state index contributed by atoms with van der Waals surface area (Å²) in [6, 6.07) is 14.1. The van der Waals surface area contributed by atoms with Gasteiger partial charge < -0.3 is 15.1 Å². The highest BCUT2D eigenvalue weighted by Crippen LogP contribution is 2.17. The van der Waals surface area contributed by atoms with Gasteiger partial charge >= 0.3 is 0 Å². The molecule has 1 amide bonds. The van der Waals surface area contributed by atoms with Gasteiger partial charge in [-0.15, -0.1) is 0 Å². The summed E-state index contributed by atoms with van der Waals surface area (Å²) in [5.41, 5.74) is 2.09. The summed E-state index contributed by atoms with van der Waals surface area (Å²) in [6.45, 7) is 3.83. The molecule has 0 aromatic heterocycles. The molecule has 1 aliphatic rings. The van der Waals surface area contributed by atoms with Gasteiger partial charge in [-0.2, -0.15) is 0 Å². The van der Waals surface area contributed by atoms with Crippen LogP contribution in [-0.2, 0) is 11.3 Å². The molecule has 2 aromatic rings. The third kappa shape index (κ3) is 4.94. The third-order valence-electron chi connectivity index (χ3n) is 4.34. The van der Waals surface area contributed by atoms with Crippen LogP contribution in [0, 0.1) is 5.82 Å². The molecule has 2 aromatic carbocycles. The van der Waals surface area contributed by atoms with Gasteiger partial charge in [0.15, 0.2) is 0 Å². The van der Waals surface area contributed by atoms with Gasteiger partial charge in [0.25, 0.3) is 0 Å². The smallest absolute Gasteiger partial charge is 0.236 e. The van der Waals surface area contributed by atoms with E-state index >= 15 is 0 Å². The van der Waals surface area contributed by atoms with Crippen molar-refractivity contribution in [2.24, 2.45) is 0 Å². The standard InChI is InChI=1S/C19H21ClFN3O/c20-16-3-1-15(2-4-16)13-22-14-19(25)24-11-9-23(10-12-24)18-7-5-17(21)6-8-18/h1-8,22H,9-14H2. The lowest BCUT2D eigenvalue weighted by Crippen LogP contribution is -2.50. The minimum absolute atomic E-state index is 0.104. The van der Waals surface area contributed by atoms with Crippen molar-refractivity contribution >= 4 is 23.2 Å². The average molecular weight is 362 g/mol. The zero-order valence-corrected chi connectivity index (χ0v) is 14.7. The van der Waals surface area contributed by atoms with E-state index in [2.05, 4.69) is 10.2 Å². The van der Waals surface area contributed by atoms with Crippen molar-refractivity contribution in [1.82, 2.24) is 10.2 Å². The van der Waals surface area contributed by atoms with E-state index in [4.69, 9.17) is 11.6 Å². The number of carbonyl (C=O) groups excluding carboxylic acids is 1. The van der Waals surface area contributed by atoms with Crippen LogP contribution in [-0.4, -0.2) is 43.5 Å². The van der Waals surface area contributed by atoms with Crippen molar-refractivity contribution in [3.8, 4) is 0 Å². The number of nitrogens with one attached hydrogen (secondary N) is 1. The van der Waals surface area contributed by atoms with E-state index in [-0.39, 0.29) is 11.7 Å². The van der Waals surface area contributed by atoms with Crippen LogP contribution in [0.25, 0.3) is 0 Å². The number of piperazine rings is 1. The molecule has 1 N–H and O–H groups in total. The molecular weight excluding hydrogens is 341 g/mol. The van der Waals surface area contributed by atoms with Crippen LogP contribution in [0.3, 0.4) is 0 Å². The highest BCUT2D eigenvalue weighted by atomic mass is 35.5. The quantitative estimate of drug-likeness (QED) is 0.889. The Morgan fingerprint density at radius 3 is 2.28 bits per heavy atom. The van der Waals surface area contributed by atoms with Crippen LogP contribution < -0.4 is 10.2 Å². The van der Waals surface area contributed by atoms with Crippen LogP contribution in [0.1, 0.15) is 5.56 Å². The molecule has 0 radical (unpaired) electrons. The first kappa shape index (κ1) is 17.7. The molecule has 1 fully saturated rings. The molecule has 0 saturated carbocycles. The van der Waals surface area contributed by atoms with Crippen molar-refractivity contribution in [3.05, 3.63) is 64.9 Å². The van der Waals surface area contributed by atoms with Crippen molar-refractivity contribution in [2.45, 2.75) is 6.54 Å². The number of hydrogen-bond acceptors (Lipinski definition) is 3. The summed E-state index contributed by atoms with van der Waals surface area (Å²) < 4.78 is 13.0. The fraction of sp³-hybridized carbons (Fsp3) is 0.316. The predicted molar refractivity (Wildman–Crippen MR) is 98.4 cm³/mol. The molecule has 0 aliphatic carbocycles. The maximum atomic E-state index is 13.0. The highest BCUT2D eigenvalue weighted by Gasteiger charge is 2.20. The van der Waals surface area contributed by atoms with E-state index in [1.807, 2.05) is 29.2 Å². The zero-order chi connectivity index (χ0) is 17.6. The fourth-order valence-electron chi connectivity index (χ4n) is 2.89. The molecule has 25 heavy (non-hydrogen) atoms. The van der Waals surface area contributed by atoms with E-state index in [1.165, 1.54) is 12.1 Å². The van der Waals surface area contributed by atoms with Gasteiger partial charge in [-0.3, -0.25) is 4.79 Å². The molecule has 132 valence electrons. The Morgan fingerprint density at radius 2 is 1.64 bits per heavy atom.